The van der Waals surface area contributed by atoms with Gasteiger partial charge in [0.1, 0.15) is 5.69 Å². The molecule has 1 saturated heterocycles. The Morgan fingerprint density at radius 1 is 0.929 bits per heavy atom. The maximum atomic E-state index is 6.44. The molecule has 0 saturated carbocycles. The molecule has 0 unspecified atom stereocenters. The Morgan fingerprint density at radius 3 is 2.21 bits per heavy atom. The van der Waals surface area contributed by atoms with Crippen LogP contribution in [0, 0.1) is 0 Å². The highest BCUT2D eigenvalue weighted by molar-refractivity contribution is 6.30. The highest BCUT2D eigenvalue weighted by Gasteiger charge is 2.25. The number of nitrogens with two attached hydrogens (primary N) is 1. The third-order valence-electron chi connectivity index (χ3n) is 4.91. The Balaban J connectivity index is 1.58. The minimum Gasteiger partial charge on any atom is -0.476 e. The zero-order valence-corrected chi connectivity index (χ0v) is 16.6. The molecule has 6 nitrogen and oxygen atoms in total. The minimum absolute atomic E-state index is 0.519. The molecule has 0 atom stereocenters. The highest BCUT2D eigenvalue weighted by atomic mass is 35.5. The molecule has 1 aliphatic rings. The van der Waals surface area contributed by atoms with Crippen LogP contribution in [0.15, 0.2) is 54.6 Å². The summed E-state index contributed by atoms with van der Waals surface area (Å²) < 4.78 is 7.58. The lowest BCUT2D eigenvalue weighted by atomic mass is 10.2. The molecule has 28 heavy (non-hydrogen) atoms. The zero-order chi connectivity index (χ0) is 19.5. The van der Waals surface area contributed by atoms with Gasteiger partial charge in [-0.15, -0.1) is 5.10 Å². The van der Waals surface area contributed by atoms with Crippen LogP contribution in [0.2, 0.25) is 5.02 Å². The van der Waals surface area contributed by atoms with Crippen molar-refractivity contribution in [2.45, 2.75) is 6.92 Å². The molecule has 0 amide bonds. The summed E-state index contributed by atoms with van der Waals surface area (Å²) in [5.74, 6) is 1.34. The number of hydrogen-bond donors (Lipinski definition) is 1. The Hall–Kier alpha value is -2.86. The van der Waals surface area contributed by atoms with E-state index in [0.717, 1.165) is 37.7 Å². The van der Waals surface area contributed by atoms with Gasteiger partial charge in [0, 0.05) is 36.9 Å². The topological polar surface area (TPSA) is 59.6 Å². The van der Waals surface area contributed by atoms with Crippen molar-refractivity contribution in [3.8, 4) is 11.6 Å². The van der Waals surface area contributed by atoms with Gasteiger partial charge in [-0.2, -0.15) is 4.68 Å². The van der Waals surface area contributed by atoms with E-state index in [1.54, 1.807) is 4.68 Å². The predicted octanol–water partition coefficient (Wildman–Crippen LogP) is 3.83. The van der Waals surface area contributed by atoms with Gasteiger partial charge < -0.3 is 20.3 Å². The van der Waals surface area contributed by atoms with E-state index in [-0.39, 0.29) is 0 Å². The second-order valence-corrected chi connectivity index (χ2v) is 7.11. The number of aromatic nitrogens is 2. The minimum atomic E-state index is 0.519. The fourth-order valence-corrected chi connectivity index (χ4v) is 3.61. The summed E-state index contributed by atoms with van der Waals surface area (Å²) in [6, 6.07) is 18.0. The lowest BCUT2D eigenvalue weighted by Crippen LogP contribution is -2.46. The first-order valence-electron chi connectivity index (χ1n) is 9.49. The fraction of sp³-hybridized carbons (Fsp3) is 0.286. The molecule has 2 heterocycles. The molecule has 1 aromatic heterocycles. The van der Waals surface area contributed by atoms with Gasteiger partial charge in [0.25, 0.3) is 0 Å². The Morgan fingerprint density at radius 2 is 1.57 bits per heavy atom. The SMILES string of the molecule is CCOc1c(N)c(N2CCN(c3ccccc3)CC2)nn1-c1ccc(Cl)cc1. The monoisotopic (exact) mass is 397 g/mol. The zero-order valence-electron chi connectivity index (χ0n) is 15.9. The quantitative estimate of drug-likeness (QED) is 0.708. The number of ether oxygens (including phenoxy) is 1. The number of rotatable bonds is 5. The molecule has 146 valence electrons. The van der Waals surface area contributed by atoms with Crippen molar-refractivity contribution in [2.24, 2.45) is 0 Å². The number of piperazine rings is 1. The van der Waals surface area contributed by atoms with Crippen molar-refractivity contribution in [3.05, 3.63) is 59.6 Å². The van der Waals surface area contributed by atoms with E-state index in [0.29, 0.717) is 23.2 Å². The standard InChI is InChI=1S/C21H24ClN5O/c1-2-28-21-19(23)20(24-27(21)18-10-8-16(22)9-11-18)26-14-12-25(13-15-26)17-6-4-3-5-7-17/h3-11H,2,12-15,23H2,1H3. The third kappa shape index (κ3) is 3.60. The molecule has 3 aromatic rings. The number of benzene rings is 2. The summed E-state index contributed by atoms with van der Waals surface area (Å²) in [5.41, 5.74) is 9.13. The molecule has 1 aliphatic heterocycles. The Kier molecular flexibility index (Phi) is 5.30. The van der Waals surface area contributed by atoms with Crippen molar-refractivity contribution < 1.29 is 4.74 Å². The maximum absolute atomic E-state index is 6.44. The number of hydrogen-bond acceptors (Lipinski definition) is 5. The van der Waals surface area contributed by atoms with E-state index in [1.807, 2.05) is 37.3 Å². The molecule has 0 radical (unpaired) electrons. The van der Waals surface area contributed by atoms with Gasteiger partial charge in [-0.05, 0) is 43.3 Å². The smallest absolute Gasteiger partial charge is 0.242 e. The maximum Gasteiger partial charge on any atom is 0.242 e. The molecule has 0 aliphatic carbocycles. The van der Waals surface area contributed by atoms with Gasteiger partial charge in [0.15, 0.2) is 5.82 Å². The van der Waals surface area contributed by atoms with E-state index in [1.165, 1.54) is 5.69 Å². The van der Waals surface area contributed by atoms with Crippen molar-refractivity contribution >= 4 is 28.8 Å². The van der Waals surface area contributed by atoms with E-state index >= 15 is 0 Å². The average molecular weight is 398 g/mol. The molecule has 4 rings (SSSR count). The highest BCUT2D eigenvalue weighted by Crippen LogP contribution is 2.35. The molecule has 0 bridgehead atoms. The van der Waals surface area contributed by atoms with E-state index in [4.69, 9.17) is 27.2 Å². The van der Waals surface area contributed by atoms with E-state index in [2.05, 4.69) is 34.1 Å². The molecule has 1 fully saturated rings. The number of halogens is 1. The van der Waals surface area contributed by atoms with E-state index in [9.17, 15) is 0 Å². The molecular formula is C21H24ClN5O. The van der Waals surface area contributed by atoms with Gasteiger partial charge in [-0.1, -0.05) is 29.8 Å². The van der Waals surface area contributed by atoms with Gasteiger partial charge >= 0.3 is 0 Å². The first-order chi connectivity index (χ1) is 13.7. The largest absolute Gasteiger partial charge is 0.476 e. The second-order valence-electron chi connectivity index (χ2n) is 6.67. The number of anilines is 3. The molecule has 7 heteroatoms. The van der Waals surface area contributed by atoms with Crippen LogP contribution in [0.1, 0.15) is 6.92 Å². The second kappa shape index (κ2) is 8.02. The molecular weight excluding hydrogens is 374 g/mol. The third-order valence-corrected chi connectivity index (χ3v) is 5.16. The summed E-state index contributed by atoms with van der Waals surface area (Å²) in [5, 5.41) is 5.46. The molecule has 2 N–H and O–H groups in total. The molecule has 2 aromatic carbocycles. The lowest BCUT2D eigenvalue weighted by molar-refractivity contribution is 0.318. The number of nitrogen functional groups attached to an aromatic ring is 1. The van der Waals surface area contributed by atoms with Gasteiger partial charge in [0.2, 0.25) is 5.88 Å². The summed E-state index contributed by atoms with van der Waals surface area (Å²) >= 11 is 6.02. The first kappa shape index (κ1) is 18.5. The average Bonchev–Trinajstić information content (AvgIpc) is 3.06. The van der Waals surface area contributed by atoms with E-state index < -0.39 is 0 Å². The van der Waals surface area contributed by atoms with Gasteiger partial charge in [-0.3, -0.25) is 0 Å². The van der Waals surface area contributed by atoms with Crippen LogP contribution < -0.4 is 20.3 Å². The van der Waals surface area contributed by atoms with Crippen LogP contribution in [-0.4, -0.2) is 42.6 Å². The summed E-state index contributed by atoms with van der Waals surface area (Å²) in [4.78, 5) is 4.61. The molecule has 0 spiro atoms. The van der Waals surface area contributed by atoms with Crippen LogP contribution in [0.3, 0.4) is 0 Å². The van der Waals surface area contributed by atoms with Crippen LogP contribution in [0.4, 0.5) is 17.2 Å². The fourth-order valence-electron chi connectivity index (χ4n) is 3.49. The van der Waals surface area contributed by atoms with Crippen molar-refractivity contribution in [1.29, 1.82) is 0 Å². The lowest BCUT2D eigenvalue weighted by Gasteiger charge is -2.36. The number of nitrogens with zero attached hydrogens (tertiary/aromatic N) is 4. The van der Waals surface area contributed by atoms with Crippen molar-refractivity contribution in [2.75, 3.05) is 48.3 Å². The Bertz CT molecular complexity index is 918. The van der Waals surface area contributed by atoms with Crippen LogP contribution in [0.5, 0.6) is 5.88 Å². The number of para-hydroxylation sites is 1. The first-order valence-corrected chi connectivity index (χ1v) is 9.87. The summed E-state index contributed by atoms with van der Waals surface area (Å²) in [6.07, 6.45) is 0. The van der Waals surface area contributed by atoms with Crippen LogP contribution in [0.25, 0.3) is 5.69 Å². The summed E-state index contributed by atoms with van der Waals surface area (Å²) in [6.45, 7) is 5.99. The normalized spacial score (nSPS) is 14.4. The van der Waals surface area contributed by atoms with Crippen molar-refractivity contribution in [1.82, 2.24) is 9.78 Å². The summed E-state index contributed by atoms with van der Waals surface area (Å²) in [7, 11) is 0. The van der Waals surface area contributed by atoms with Crippen LogP contribution in [-0.2, 0) is 0 Å². The predicted molar refractivity (Wildman–Crippen MR) is 115 cm³/mol. The van der Waals surface area contributed by atoms with Gasteiger partial charge in [0.05, 0.1) is 12.3 Å². The Labute approximate surface area is 170 Å². The van der Waals surface area contributed by atoms with Gasteiger partial charge in [-0.25, -0.2) is 0 Å². The van der Waals surface area contributed by atoms with Crippen molar-refractivity contribution in [3.63, 3.8) is 0 Å². The van der Waals surface area contributed by atoms with Crippen LogP contribution >= 0.6 is 11.6 Å².